The summed E-state index contributed by atoms with van der Waals surface area (Å²) in [7, 11) is 0. The van der Waals surface area contributed by atoms with E-state index in [1.807, 2.05) is 6.92 Å². The van der Waals surface area contributed by atoms with E-state index in [0.29, 0.717) is 23.4 Å². The highest BCUT2D eigenvalue weighted by atomic mass is 16.5. The Hall–Kier alpha value is -1.88. The van der Waals surface area contributed by atoms with Crippen molar-refractivity contribution >= 4 is 17.4 Å². The van der Waals surface area contributed by atoms with Crippen molar-refractivity contribution < 1.29 is 14.3 Å². The number of amides is 1. The van der Waals surface area contributed by atoms with Gasteiger partial charge in [-0.15, -0.1) is 0 Å². The van der Waals surface area contributed by atoms with Crippen LogP contribution in [-0.2, 0) is 4.79 Å². The quantitative estimate of drug-likeness (QED) is 0.836. The molecule has 1 aromatic carbocycles. The summed E-state index contributed by atoms with van der Waals surface area (Å²) in [5.74, 6) is 0.573. The summed E-state index contributed by atoms with van der Waals surface area (Å²) in [5.41, 5.74) is 1.21. The summed E-state index contributed by atoms with van der Waals surface area (Å²) in [6, 6.07) is 5.16. The van der Waals surface area contributed by atoms with Crippen LogP contribution >= 0.6 is 0 Å². The Morgan fingerprint density at radius 1 is 1.38 bits per heavy atom. The van der Waals surface area contributed by atoms with E-state index >= 15 is 0 Å². The largest absolute Gasteiger partial charge is 0.478 e. The van der Waals surface area contributed by atoms with Crippen LogP contribution < -0.4 is 15.4 Å². The van der Waals surface area contributed by atoms with Crippen LogP contribution in [0.25, 0.3) is 0 Å². The van der Waals surface area contributed by atoms with Gasteiger partial charge in [-0.2, -0.15) is 0 Å². The molecular weight excluding hydrogens is 268 g/mol. The molecular formula is C16H20N2O3. The van der Waals surface area contributed by atoms with E-state index in [1.54, 1.807) is 18.2 Å². The molecule has 3 rings (SSSR count). The zero-order valence-corrected chi connectivity index (χ0v) is 12.1. The number of ketones is 1. The van der Waals surface area contributed by atoms with Gasteiger partial charge in [0.1, 0.15) is 5.75 Å². The van der Waals surface area contributed by atoms with Crippen LogP contribution in [0.5, 0.6) is 5.75 Å². The second-order valence-corrected chi connectivity index (χ2v) is 5.58. The van der Waals surface area contributed by atoms with Crippen molar-refractivity contribution in [1.82, 2.24) is 5.32 Å². The summed E-state index contributed by atoms with van der Waals surface area (Å²) in [5, 5.41) is 6.08. The summed E-state index contributed by atoms with van der Waals surface area (Å²) >= 11 is 0. The first kappa shape index (κ1) is 14.1. The van der Waals surface area contributed by atoms with Gasteiger partial charge in [-0.1, -0.05) is 13.3 Å². The highest BCUT2D eigenvalue weighted by molar-refractivity contribution is 6.03. The number of fused-ring (bicyclic) bond motifs is 1. The molecule has 0 aromatic heterocycles. The second kappa shape index (κ2) is 5.85. The molecule has 0 radical (unpaired) electrons. The Kier molecular flexibility index (Phi) is 3.92. The van der Waals surface area contributed by atoms with Crippen LogP contribution in [0.15, 0.2) is 18.2 Å². The SMILES string of the molecule is CCC1Oc2ccc(C(=O)C3CCCCN3)cc2NC1=O. The molecule has 21 heavy (non-hydrogen) atoms. The number of anilines is 1. The number of piperidine rings is 1. The lowest BCUT2D eigenvalue weighted by atomic mass is 9.96. The number of ether oxygens (including phenoxy) is 1. The lowest BCUT2D eigenvalue weighted by Gasteiger charge is -2.26. The molecule has 2 atom stereocenters. The summed E-state index contributed by atoms with van der Waals surface area (Å²) in [6.07, 6.45) is 3.25. The van der Waals surface area contributed by atoms with Crippen molar-refractivity contribution in [2.75, 3.05) is 11.9 Å². The lowest BCUT2D eigenvalue weighted by molar-refractivity contribution is -0.123. The number of carbonyl (C=O) groups is 2. The van der Waals surface area contributed by atoms with Gasteiger partial charge in [0.05, 0.1) is 11.7 Å². The molecule has 2 unspecified atom stereocenters. The molecule has 2 aliphatic heterocycles. The molecule has 0 bridgehead atoms. The highest BCUT2D eigenvalue weighted by Gasteiger charge is 2.28. The van der Waals surface area contributed by atoms with Crippen LogP contribution in [0.3, 0.4) is 0 Å². The summed E-state index contributed by atoms with van der Waals surface area (Å²) < 4.78 is 5.63. The normalized spacial score (nSPS) is 24.7. The number of nitrogens with one attached hydrogen (secondary N) is 2. The van der Waals surface area contributed by atoms with E-state index in [0.717, 1.165) is 25.8 Å². The van der Waals surface area contributed by atoms with Crippen molar-refractivity contribution in [1.29, 1.82) is 0 Å². The number of rotatable bonds is 3. The Morgan fingerprint density at radius 3 is 2.95 bits per heavy atom. The van der Waals surface area contributed by atoms with E-state index < -0.39 is 6.10 Å². The fourth-order valence-corrected chi connectivity index (χ4v) is 2.85. The van der Waals surface area contributed by atoms with E-state index in [1.165, 1.54) is 0 Å². The maximum atomic E-state index is 12.5. The van der Waals surface area contributed by atoms with E-state index in [2.05, 4.69) is 10.6 Å². The first-order valence-corrected chi connectivity index (χ1v) is 7.58. The molecule has 112 valence electrons. The number of carbonyl (C=O) groups excluding carboxylic acids is 2. The van der Waals surface area contributed by atoms with E-state index in [-0.39, 0.29) is 17.7 Å². The minimum absolute atomic E-state index is 0.0874. The van der Waals surface area contributed by atoms with Gasteiger partial charge in [0, 0.05) is 5.56 Å². The summed E-state index contributed by atoms with van der Waals surface area (Å²) in [4.78, 5) is 24.3. The van der Waals surface area contributed by atoms with Crippen molar-refractivity contribution in [2.24, 2.45) is 0 Å². The first-order valence-electron chi connectivity index (χ1n) is 7.58. The monoisotopic (exact) mass is 288 g/mol. The van der Waals surface area contributed by atoms with Gasteiger partial charge in [-0.05, 0) is 44.0 Å². The molecule has 5 heteroatoms. The fourth-order valence-electron chi connectivity index (χ4n) is 2.85. The van der Waals surface area contributed by atoms with Crippen molar-refractivity contribution in [3.63, 3.8) is 0 Å². The number of hydrogen-bond donors (Lipinski definition) is 2. The first-order chi connectivity index (χ1) is 10.2. The fraction of sp³-hybridized carbons (Fsp3) is 0.500. The Balaban J connectivity index is 1.81. The van der Waals surface area contributed by atoms with Crippen molar-refractivity contribution in [2.45, 2.75) is 44.8 Å². The van der Waals surface area contributed by atoms with Gasteiger partial charge in [-0.25, -0.2) is 0 Å². The molecule has 2 heterocycles. The minimum atomic E-state index is -0.445. The predicted molar refractivity (Wildman–Crippen MR) is 79.8 cm³/mol. The van der Waals surface area contributed by atoms with Crippen molar-refractivity contribution in [3.8, 4) is 5.75 Å². The predicted octanol–water partition coefficient (Wildman–Crippen LogP) is 2.12. The maximum absolute atomic E-state index is 12.5. The molecule has 1 fully saturated rings. The molecule has 0 saturated carbocycles. The second-order valence-electron chi connectivity index (χ2n) is 5.58. The van der Waals surface area contributed by atoms with Gasteiger partial charge < -0.3 is 15.4 Å². The van der Waals surface area contributed by atoms with Crippen LogP contribution in [0.4, 0.5) is 5.69 Å². The van der Waals surface area contributed by atoms with E-state index in [4.69, 9.17) is 4.74 Å². The standard InChI is InChI=1S/C16H20N2O3/c1-2-13-16(20)18-12-9-10(6-7-14(12)21-13)15(19)11-5-3-4-8-17-11/h6-7,9,11,13,17H,2-5,8H2,1H3,(H,18,20). The van der Waals surface area contributed by atoms with Crippen LogP contribution in [0.2, 0.25) is 0 Å². The molecule has 1 saturated heterocycles. The average Bonchev–Trinajstić information content (AvgIpc) is 2.53. The van der Waals surface area contributed by atoms with Gasteiger partial charge >= 0.3 is 0 Å². The van der Waals surface area contributed by atoms with Gasteiger partial charge in [0.25, 0.3) is 5.91 Å². The third-order valence-electron chi connectivity index (χ3n) is 4.08. The van der Waals surface area contributed by atoms with Crippen LogP contribution in [-0.4, -0.2) is 30.4 Å². The smallest absolute Gasteiger partial charge is 0.265 e. The molecule has 5 nitrogen and oxygen atoms in total. The van der Waals surface area contributed by atoms with Crippen LogP contribution in [0, 0.1) is 0 Å². The molecule has 2 N–H and O–H groups in total. The Bertz CT molecular complexity index is 565. The lowest BCUT2D eigenvalue weighted by Crippen LogP contribution is -2.40. The maximum Gasteiger partial charge on any atom is 0.265 e. The number of Topliss-reactive ketones (excluding diaryl/α,β-unsaturated/α-hetero) is 1. The van der Waals surface area contributed by atoms with Gasteiger partial charge in [0.2, 0.25) is 0 Å². The third-order valence-corrected chi connectivity index (χ3v) is 4.08. The molecule has 0 spiro atoms. The highest BCUT2D eigenvalue weighted by Crippen LogP contribution is 2.31. The van der Waals surface area contributed by atoms with Gasteiger partial charge in [0.15, 0.2) is 11.9 Å². The molecule has 0 aliphatic carbocycles. The van der Waals surface area contributed by atoms with Crippen molar-refractivity contribution in [3.05, 3.63) is 23.8 Å². The third kappa shape index (κ3) is 2.78. The topological polar surface area (TPSA) is 67.4 Å². The molecule has 1 aromatic rings. The zero-order chi connectivity index (χ0) is 14.8. The van der Waals surface area contributed by atoms with Gasteiger partial charge in [-0.3, -0.25) is 9.59 Å². The average molecular weight is 288 g/mol. The Morgan fingerprint density at radius 2 is 2.24 bits per heavy atom. The number of hydrogen-bond acceptors (Lipinski definition) is 4. The zero-order valence-electron chi connectivity index (χ0n) is 12.1. The van der Waals surface area contributed by atoms with Crippen LogP contribution in [0.1, 0.15) is 43.0 Å². The summed E-state index contributed by atoms with van der Waals surface area (Å²) in [6.45, 7) is 2.79. The number of benzene rings is 1. The molecule has 2 aliphatic rings. The molecule has 1 amide bonds. The minimum Gasteiger partial charge on any atom is -0.478 e. The Labute approximate surface area is 124 Å². The van der Waals surface area contributed by atoms with E-state index in [9.17, 15) is 9.59 Å².